The van der Waals surface area contributed by atoms with Crippen LogP contribution in [-0.4, -0.2) is 33.0 Å². The molecule has 5 heteroatoms. The van der Waals surface area contributed by atoms with Crippen molar-refractivity contribution in [2.24, 2.45) is 0 Å². The standard InChI is InChI=1S/C29H32O5/c1-30-29(31-2)25-15-13-24(14-16-25)26-17-18-27(33-20-23-11-7-4-8-12-23)28(34-26)21-32-19-22-9-5-3-6-10-22/h3-18,26-29H,19-21H2,1-2H3/t26-,27-,28+/m0/s1. The summed E-state index contributed by atoms with van der Waals surface area (Å²) in [7, 11) is 3.26. The van der Waals surface area contributed by atoms with Crippen molar-refractivity contribution in [2.75, 3.05) is 20.8 Å². The van der Waals surface area contributed by atoms with Crippen molar-refractivity contribution < 1.29 is 23.7 Å². The van der Waals surface area contributed by atoms with E-state index in [4.69, 9.17) is 23.7 Å². The Hall–Kier alpha value is -2.80. The third kappa shape index (κ3) is 6.63. The van der Waals surface area contributed by atoms with Crippen molar-refractivity contribution in [1.29, 1.82) is 0 Å². The van der Waals surface area contributed by atoms with Crippen molar-refractivity contribution in [3.8, 4) is 0 Å². The molecular formula is C29H32O5. The summed E-state index contributed by atoms with van der Waals surface area (Å²) in [6, 6.07) is 28.4. The van der Waals surface area contributed by atoms with E-state index in [9.17, 15) is 0 Å². The van der Waals surface area contributed by atoms with Gasteiger partial charge in [-0.15, -0.1) is 0 Å². The number of ether oxygens (including phenoxy) is 5. The molecule has 1 aliphatic heterocycles. The molecule has 0 saturated carbocycles. The highest BCUT2D eigenvalue weighted by atomic mass is 16.7. The number of hydrogen-bond acceptors (Lipinski definition) is 5. The van der Waals surface area contributed by atoms with E-state index in [-0.39, 0.29) is 24.6 Å². The Balaban J connectivity index is 1.43. The van der Waals surface area contributed by atoms with Crippen molar-refractivity contribution in [3.63, 3.8) is 0 Å². The molecule has 0 aromatic heterocycles. The first kappa shape index (κ1) is 24.3. The molecule has 1 aliphatic rings. The maximum atomic E-state index is 6.47. The van der Waals surface area contributed by atoms with Gasteiger partial charge in [-0.3, -0.25) is 0 Å². The summed E-state index contributed by atoms with van der Waals surface area (Å²) < 4.78 is 29.4. The molecule has 0 fully saturated rings. The lowest BCUT2D eigenvalue weighted by molar-refractivity contribution is -0.120. The van der Waals surface area contributed by atoms with Gasteiger partial charge in [0.05, 0.1) is 19.8 Å². The van der Waals surface area contributed by atoms with Gasteiger partial charge in [-0.2, -0.15) is 0 Å². The fraction of sp³-hybridized carbons (Fsp3) is 0.310. The second-order valence-electron chi connectivity index (χ2n) is 8.21. The van der Waals surface area contributed by atoms with Gasteiger partial charge in [-0.1, -0.05) is 97.1 Å². The molecule has 0 saturated heterocycles. The quantitative estimate of drug-likeness (QED) is 0.268. The number of methoxy groups -OCH3 is 2. The molecule has 0 unspecified atom stereocenters. The topological polar surface area (TPSA) is 46.2 Å². The zero-order valence-electron chi connectivity index (χ0n) is 19.7. The van der Waals surface area contributed by atoms with Gasteiger partial charge in [0.25, 0.3) is 0 Å². The van der Waals surface area contributed by atoms with Crippen LogP contribution in [0, 0.1) is 0 Å². The number of hydrogen-bond donors (Lipinski definition) is 0. The minimum Gasteiger partial charge on any atom is -0.374 e. The number of benzene rings is 3. The van der Waals surface area contributed by atoms with Gasteiger partial charge in [-0.05, 0) is 16.7 Å². The minimum absolute atomic E-state index is 0.181. The summed E-state index contributed by atoms with van der Waals surface area (Å²) in [5.74, 6) is 0. The largest absolute Gasteiger partial charge is 0.374 e. The zero-order chi connectivity index (χ0) is 23.6. The van der Waals surface area contributed by atoms with Crippen LogP contribution in [0.5, 0.6) is 0 Å². The van der Waals surface area contributed by atoms with Gasteiger partial charge in [0.2, 0.25) is 0 Å². The monoisotopic (exact) mass is 460 g/mol. The lowest BCUT2D eigenvalue weighted by Crippen LogP contribution is -2.38. The van der Waals surface area contributed by atoms with Crippen LogP contribution in [-0.2, 0) is 36.9 Å². The average Bonchev–Trinajstić information content (AvgIpc) is 2.90. The van der Waals surface area contributed by atoms with Gasteiger partial charge in [0.15, 0.2) is 6.29 Å². The molecule has 5 nitrogen and oxygen atoms in total. The summed E-state index contributed by atoms with van der Waals surface area (Å²) in [5.41, 5.74) is 4.28. The summed E-state index contributed by atoms with van der Waals surface area (Å²) >= 11 is 0. The Morgan fingerprint density at radius 1 is 0.735 bits per heavy atom. The van der Waals surface area contributed by atoms with E-state index < -0.39 is 0 Å². The molecule has 0 spiro atoms. The first-order valence-electron chi connectivity index (χ1n) is 11.5. The SMILES string of the molecule is COC(OC)c1ccc([C@@H]2C=C[C@H](OCc3ccccc3)[C@@H](COCc3ccccc3)O2)cc1. The van der Waals surface area contributed by atoms with Gasteiger partial charge >= 0.3 is 0 Å². The highest BCUT2D eigenvalue weighted by Gasteiger charge is 2.29. The summed E-state index contributed by atoms with van der Waals surface area (Å²) in [6.07, 6.45) is 3.16. The van der Waals surface area contributed by atoms with Crippen LogP contribution in [0.25, 0.3) is 0 Å². The predicted octanol–water partition coefficient (Wildman–Crippen LogP) is 5.78. The first-order chi connectivity index (χ1) is 16.8. The first-order valence-corrected chi connectivity index (χ1v) is 11.5. The van der Waals surface area contributed by atoms with E-state index >= 15 is 0 Å². The summed E-state index contributed by atoms with van der Waals surface area (Å²) in [5, 5.41) is 0. The summed E-state index contributed by atoms with van der Waals surface area (Å²) in [6.45, 7) is 1.48. The fourth-order valence-electron chi connectivity index (χ4n) is 3.98. The highest BCUT2D eigenvalue weighted by Crippen LogP contribution is 2.30. The van der Waals surface area contributed by atoms with Crippen LogP contribution < -0.4 is 0 Å². The van der Waals surface area contributed by atoms with Crippen LogP contribution in [0.3, 0.4) is 0 Å². The Morgan fingerprint density at radius 2 is 1.35 bits per heavy atom. The van der Waals surface area contributed by atoms with E-state index in [0.29, 0.717) is 19.8 Å². The zero-order valence-corrected chi connectivity index (χ0v) is 19.7. The molecule has 0 aliphatic carbocycles. The van der Waals surface area contributed by atoms with Crippen LogP contribution in [0.15, 0.2) is 97.1 Å². The van der Waals surface area contributed by atoms with Gasteiger partial charge < -0.3 is 23.7 Å². The summed E-state index contributed by atoms with van der Waals surface area (Å²) in [4.78, 5) is 0. The van der Waals surface area contributed by atoms with E-state index in [2.05, 4.69) is 36.4 Å². The van der Waals surface area contributed by atoms with E-state index in [1.54, 1.807) is 14.2 Å². The smallest absolute Gasteiger partial charge is 0.183 e. The van der Waals surface area contributed by atoms with E-state index in [0.717, 1.165) is 22.3 Å². The molecule has 178 valence electrons. The molecule has 0 bridgehead atoms. The van der Waals surface area contributed by atoms with Crippen molar-refractivity contribution in [3.05, 3.63) is 119 Å². The Bertz CT molecular complexity index is 1000. The van der Waals surface area contributed by atoms with Crippen LogP contribution >= 0.6 is 0 Å². The molecule has 3 aromatic rings. The lowest BCUT2D eigenvalue weighted by atomic mass is 10.0. The third-order valence-electron chi connectivity index (χ3n) is 5.81. The van der Waals surface area contributed by atoms with Crippen LogP contribution in [0.1, 0.15) is 34.6 Å². The average molecular weight is 461 g/mol. The van der Waals surface area contributed by atoms with Gasteiger partial charge in [0.1, 0.15) is 18.3 Å². The molecule has 3 atom stereocenters. The normalized spacial score (nSPS) is 20.0. The van der Waals surface area contributed by atoms with E-state index in [1.165, 1.54) is 0 Å². The van der Waals surface area contributed by atoms with Gasteiger partial charge in [0, 0.05) is 19.8 Å². The second-order valence-corrected chi connectivity index (χ2v) is 8.21. The van der Waals surface area contributed by atoms with Crippen molar-refractivity contribution >= 4 is 0 Å². The van der Waals surface area contributed by atoms with Crippen molar-refractivity contribution in [2.45, 2.75) is 37.8 Å². The predicted molar refractivity (Wildman–Crippen MR) is 131 cm³/mol. The molecule has 4 rings (SSSR count). The molecule has 0 N–H and O–H groups in total. The lowest BCUT2D eigenvalue weighted by Gasteiger charge is -2.32. The molecular weight excluding hydrogens is 428 g/mol. The Morgan fingerprint density at radius 3 is 1.97 bits per heavy atom. The third-order valence-corrected chi connectivity index (χ3v) is 5.81. The highest BCUT2D eigenvalue weighted by molar-refractivity contribution is 5.28. The molecule has 0 radical (unpaired) electrons. The molecule has 3 aromatic carbocycles. The molecule has 1 heterocycles. The van der Waals surface area contributed by atoms with Crippen LogP contribution in [0.2, 0.25) is 0 Å². The maximum Gasteiger partial charge on any atom is 0.183 e. The van der Waals surface area contributed by atoms with E-state index in [1.807, 2.05) is 60.7 Å². The molecule has 0 amide bonds. The number of rotatable bonds is 11. The Labute approximate surface area is 201 Å². The minimum atomic E-state index is -0.383. The Kier molecular flexibility index (Phi) is 9.02. The van der Waals surface area contributed by atoms with Crippen LogP contribution in [0.4, 0.5) is 0 Å². The van der Waals surface area contributed by atoms with Gasteiger partial charge in [-0.25, -0.2) is 0 Å². The fourth-order valence-corrected chi connectivity index (χ4v) is 3.98. The maximum absolute atomic E-state index is 6.47. The molecule has 34 heavy (non-hydrogen) atoms. The van der Waals surface area contributed by atoms with Crippen molar-refractivity contribution in [1.82, 2.24) is 0 Å². The second kappa shape index (κ2) is 12.6.